The SMILES string of the molecule is CCOC(=O)n1nc(NC(=O)c2ccc(CCl)cc2)c2c1CNC2. The van der Waals surface area contributed by atoms with E-state index >= 15 is 0 Å². The van der Waals surface area contributed by atoms with E-state index in [0.29, 0.717) is 36.0 Å². The van der Waals surface area contributed by atoms with Gasteiger partial charge in [0.15, 0.2) is 5.82 Å². The Labute approximate surface area is 143 Å². The predicted molar refractivity (Wildman–Crippen MR) is 89.1 cm³/mol. The molecule has 8 heteroatoms. The van der Waals surface area contributed by atoms with Gasteiger partial charge in [0, 0.05) is 30.1 Å². The summed E-state index contributed by atoms with van der Waals surface area (Å²) in [5.41, 5.74) is 2.94. The quantitative estimate of drug-likeness (QED) is 0.829. The maximum Gasteiger partial charge on any atom is 0.435 e. The summed E-state index contributed by atoms with van der Waals surface area (Å²) in [5.74, 6) is 0.471. The fourth-order valence-corrected chi connectivity index (χ4v) is 2.70. The summed E-state index contributed by atoms with van der Waals surface area (Å²) in [5, 5.41) is 10.1. The molecule has 0 spiro atoms. The van der Waals surface area contributed by atoms with Gasteiger partial charge in [-0.3, -0.25) is 4.79 Å². The Morgan fingerprint density at radius 3 is 2.75 bits per heavy atom. The van der Waals surface area contributed by atoms with Crippen molar-refractivity contribution >= 4 is 29.4 Å². The van der Waals surface area contributed by atoms with Gasteiger partial charge in [-0.1, -0.05) is 12.1 Å². The normalized spacial score (nSPS) is 12.8. The number of carbonyl (C=O) groups excluding carboxylic acids is 2. The molecule has 1 aliphatic heterocycles. The zero-order valence-corrected chi connectivity index (χ0v) is 13.9. The van der Waals surface area contributed by atoms with E-state index in [1.165, 1.54) is 4.68 Å². The highest BCUT2D eigenvalue weighted by atomic mass is 35.5. The van der Waals surface area contributed by atoms with Crippen molar-refractivity contribution in [3.63, 3.8) is 0 Å². The highest BCUT2D eigenvalue weighted by molar-refractivity contribution is 6.17. The minimum Gasteiger partial charge on any atom is -0.448 e. The van der Waals surface area contributed by atoms with Crippen LogP contribution in [0.3, 0.4) is 0 Å². The number of carbonyl (C=O) groups is 2. The van der Waals surface area contributed by atoms with Crippen molar-refractivity contribution in [2.45, 2.75) is 25.9 Å². The molecule has 3 rings (SSSR count). The minimum absolute atomic E-state index is 0.259. The fourth-order valence-electron chi connectivity index (χ4n) is 2.52. The van der Waals surface area contributed by atoms with Gasteiger partial charge in [-0.05, 0) is 24.6 Å². The van der Waals surface area contributed by atoms with Crippen molar-refractivity contribution in [3.8, 4) is 0 Å². The van der Waals surface area contributed by atoms with E-state index in [2.05, 4.69) is 15.7 Å². The molecular formula is C16H17ClN4O3. The molecule has 0 saturated carbocycles. The van der Waals surface area contributed by atoms with Crippen molar-refractivity contribution in [2.24, 2.45) is 0 Å². The first-order chi connectivity index (χ1) is 11.6. The van der Waals surface area contributed by atoms with Gasteiger partial charge in [-0.2, -0.15) is 4.68 Å². The number of benzene rings is 1. The van der Waals surface area contributed by atoms with Crippen molar-refractivity contribution < 1.29 is 14.3 Å². The summed E-state index contributed by atoms with van der Waals surface area (Å²) in [7, 11) is 0. The lowest BCUT2D eigenvalue weighted by Gasteiger charge is -2.05. The van der Waals surface area contributed by atoms with Gasteiger partial charge in [0.05, 0.1) is 12.3 Å². The molecule has 2 N–H and O–H groups in total. The van der Waals surface area contributed by atoms with Crippen molar-refractivity contribution in [1.82, 2.24) is 15.1 Å². The number of anilines is 1. The molecule has 0 fully saturated rings. The number of ether oxygens (including phenoxy) is 1. The monoisotopic (exact) mass is 348 g/mol. The second-order valence-electron chi connectivity index (χ2n) is 5.27. The molecule has 24 heavy (non-hydrogen) atoms. The van der Waals surface area contributed by atoms with E-state index in [1.807, 2.05) is 0 Å². The summed E-state index contributed by atoms with van der Waals surface area (Å²) >= 11 is 5.75. The van der Waals surface area contributed by atoms with Crippen LogP contribution in [0.4, 0.5) is 10.6 Å². The van der Waals surface area contributed by atoms with E-state index in [4.69, 9.17) is 16.3 Å². The third-order valence-corrected chi connectivity index (χ3v) is 4.04. The number of halogens is 1. The number of aromatic nitrogens is 2. The zero-order chi connectivity index (χ0) is 17.1. The highest BCUT2D eigenvalue weighted by Crippen LogP contribution is 2.24. The molecule has 1 aromatic heterocycles. The van der Waals surface area contributed by atoms with Crippen LogP contribution >= 0.6 is 11.6 Å². The van der Waals surface area contributed by atoms with Gasteiger partial charge in [-0.25, -0.2) is 4.79 Å². The molecule has 7 nitrogen and oxygen atoms in total. The second-order valence-corrected chi connectivity index (χ2v) is 5.54. The molecule has 0 bridgehead atoms. The summed E-state index contributed by atoms with van der Waals surface area (Å²) in [6.07, 6.45) is -0.551. The summed E-state index contributed by atoms with van der Waals surface area (Å²) in [6, 6.07) is 7.00. The maximum atomic E-state index is 12.4. The van der Waals surface area contributed by atoms with Crippen LogP contribution in [0.5, 0.6) is 0 Å². The average molecular weight is 349 g/mol. The molecule has 2 aromatic rings. The van der Waals surface area contributed by atoms with Crippen molar-refractivity contribution in [1.29, 1.82) is 0 Å². The van der Waals surface area contributed by atoms with E-state index in [9.17, 15) is 9.59 Å². The third kappa shape index (κ3) is 3.13. The summed E-state index contributed by atoms with van der Waals surface area (Å²) in [4.78, 5) is 24.4. The first kappa shape index (κ1) is 16.5. The van der Waals surface area contributed by atoms with Gasteiger partial charge < -0.3 is 15.4 Å². The first-order valence-electron chi connectivity index (χ1n) is 7.59. The molecule has 0 radical (unpaired) electrons. The van der Waals surface area contributed by atoms with Crippen molar-refractivity contribution in [3.05, 3.63) is 46.6 Å². The van der Waals surface area contributed by atoms with Crippen LogP contribution in [0.1, 0.15) is 34.1 Å². The lowest BCUT2D eigenvalue weighted by atomic mass is 10.1. The molecule has 126 valence electrons. The number of hydrogen-bond donors (Lipinski definition) is 2. The zero-order valence-electron chi connectivity index (χ0n) is 13.1. The molecule has 1 aromatic carbocycles. The Morgan fingerprint density at radius 1 is 1.33 bits per heavy atom. The van der Waals surface area contributed by atoms with Crippen LogP contribution in [-0.2, 0) is 23.7 Å². The smallest absolute Gasteiger partial charge is 0.435 e. The topological polar surface area (TPSA) is 85.2 Å². The van der Waals surface area contributed by atoms with Gasteiger partial charge in [-0.15, -0.1) is 16.7 Å². The summed E-state index contributed by atoms with van der Waals surface area (Å²) < 4.78 is 6.19. The maximum absolute atomic E-state index is 12.4. The third-order valence-electron chi connectivity index (χ3n) is 3.73. The van der Waals surface area contributed by atoms with Gasteiger partial charge in [0.2, 0.25) is 0 Å². The Balaban J connectivity index is 1.83. The van der Waals surface area contributed by atoms with Crippen LogP contribution in [0.25, 0.3) is 0 Å². The Bertz CT molecular complexity index is 770. The molecule has 2 heterocycles. The minimum atomic E-state index is -0.551. The van der Waals surface area contributed by atoms with Crippen LogP contribution in [0.15, 0.2) is 24.3 Å². The second kappa shape index (κ2) is 7.02. The Morgan fingerprint density at radius 2 is 2.08 bits per heavy atom. The number of nitrogens with one attached hydrogen (secondary N) is 2. The van der Waals surface area contributed by atoms with E-state index < -0.39 is 6.09 Å². The number of amides is 1. The lowest BCUT2D eigenvalue weighted by molar-refractivity contribution is 0.102. The van der Waals surface area contributed by atoms with Crippen molar-refractivity contribution in [2.75, 3.05) is 11.9 Å². The first-order valence-corrected chi connectivity index (χ1v) is 8.12. The number of alkyl halides is 1. The number of rotatable bonds is 4. The Kier molecular flexibility index (Phi) is 4.82. The lowest BCUT2D eigenvalue weighted by Crippen LogP contribution is -2.20. The molecule has 0 saturated heterocycles. The highest BCUT2D eigenvalue weighted by Gasteiger charge is 2.27. The van der Waals surface area contributed by atoms with Gasteiger partial charge in [0.25, 0.3) is 5.91 Å². The van der Waals surface area contributed by atoms with Crippen LogP contribution in [0.2, 0.25) is 0 Å². The Hall–Kier alpha value is -2.38. The van der Waals surface area contributed by atoms with E-state index in [1.54, 1.807) is 31.2 Å². The standard InChI is InChI=1S/C16H17ClN4O3/c1-2-24-16(23)21-13-9-18-8-12(13)14(20-21)19-15(22)11-5-3-10(7-17)4-6-11/h3-6,18H,2,7-9H2,1H3,(H,19,20,22). The number of nitrogens with zero attached hydrogens (tertiary/aromatic N) is 2. The predicted octanol–water partition coefficient (Wildman–Crippen LogP) is 2.48. The molecule has 1 aliphatic rings. The van der Waals surface area contributed by atoms with Crippen LogP contribution in [0, 0.1) is 0 Å². The molecular weight excluding hydrogens is 332 g/mol. The van der Waals surface area contributed by atoms with Crippen LogP contribution in [-0.4, -0.2) is 28.4 Å². The molecule has 0 atom stereocenters. The average Bonchev–Trinajstić information content (AvgIpc) is 3.19. The summed E-state index contributed by atoms with van der Waals surface area (Å²) in [6.45, 7) is 3.03. The fraction of sp³-hybridized carbons (Fsp3) is 0.312. The number of hydrogen-bond acceptors (Lipinski definition) is 5. The van der Waals surface area contributed by atoms with Gasteiger partial charge >= 0.3 is 6.09 Å². The van der Waals surface area contributed by atoms with Gasteiger partial charge in [0.1, 0.15) is 0 Å². The van der Waals surface area contributed by atoms with Crippen LogP contribution < -0.4 is 10.6 Å². The van der Waals surface area contributed by atoms with E-state index in [-0.39, 0.29) is 12.5 Å². The largest absolute Gasteiger partial charge is 0.448 e. The molecule has 0 aliphatic carbocycles. The van der Waals surface area contributed by atoms with E-state index in [0.717, 1.165) is 11.1 Å². The molecule has 0 unspecified atom stereocenters. The number of fused-ring (bicyclic) bond motifs is 1. The molecule has 1 amide bonds.